The summed E-state index contributed by atoms with van der Waals surface area (Å²) < 4.78 is 5.06. The number of nitrogens with zero attached hydrogens (tertiary/aromatic N) is 4. The molecule has 0 unspecified atom stereocenters. The van der Waals surface area contributed by atoms with Crippen molar-refractivity contribution in [3.8, 4) is 16.9 Å². The number of imidazole rings is 2. The Balaban J connectivity index is 1.70. The lowest BCUT2D eigenvalue weighted by Gasteiger charge is -2.07. The molecule has 0 bridgehead atoms. The van der Waals surface area contributed by atoms with E-state index in [0.717, 1.165) is 32.4 Å². The first-order valence-corrected chi connectivity index (χ1v) is 10.9. The van der Waals surface area contributed by atoms with E-state index in [9.17, 15) is 0 Å². The van der Waals surface area contributed by atoms with E-state index in [2.05, 4.69) is 75.0 Å². The number of hydrogen-bond acceptors (Lipinski definition) is 3. The van der Waals surface area contributed by atoms with Crippen molar-refractivity contribution in [3.63, 3.8) is 0 Å². The molecule has 2 aromatic heterocycles. The van der Waals surface area contributed by atoms with Gasteiger partial charge in [0.2, 0.25) is 0 Å². The van der Waals surface area contributed by atoms with Gasteiger partial charge in [-0.3, -0.25) is 4.57 Å². The van der Waals surface area contributed by atoms with Gasteiger partial charge in [-0.25, -0.2) is 9.97 Å². The Morgan fingerprint density at radius 3 is 2.43 bits per heavy atom. The lowest BCUT2D eigenvalue weighted by atomic mass is 10.1. The Kier molecular flexibility index (Phi) is 5.62. The van der Waals surface area contributed by atoms with Crippen molar-refractivity contribution in [1.82, 2.24) is 19.1 Å². The quantitative estimate of drug-likeness (QED) is 0.320. The predicted octanol–water partition coefficient (Wildman–Crippen LogP) is 6.29. The topological polar surface area (TPSA) is 35.6 Å². The molecule has 2 heterocycles. The van der Waals surface area contributed by atoms with E-state index >= 15 is 0 Å². The standard InChI is InChI=1S/C21H18BrClN4S/c1-14-3-5-15(6-4-14)18-12-27(17-9-7-16(22)8-10-17)21(25-18)28-13-20-24-11-19(23)26(20)2/h3-12H,13H2,1-2H3. The highest BCUT2D eigenvalue weighted by Crippen LogP contribution is 2.30. The van der Waals surface area contributed by atoms with Crippen LogP contribution in [0.2, 0.25) is 5.15 Å². The molecule has 4 aromatic rings. The van der Waals surface area contributed by atoms with Crippen molar-refractivity contribution in [3.05, 3.63) is 81.9 Å². The van der Waals surface area contributed by atoms with Crippen molar-refractivity contribution in [2.45, 2.75) is 17.8 Å². The Bertz CT molecular complexity index is 1100. The van der Waals surface area contributed by atoms with E-state index in [1.807, 2.05) is 23.7 Å². The molecule has 28 heavy (non-hydrogen) atoms. The maximum atomic E-state index is 6.12. The summed E-state index contributed by atoms with van der Waals surface area (Å²) in [5.74, 6) is 1.60. The Morgan fingerprint density at radius 2 is 1.79 bits per heavy atom. The van der Waals surface area contributed by atoms with Crippen LogP contribution in [0.15, 0.2) is 70.6 Å². The highest BCUT2D eigenvalue weighted by atomic mass is 79.9. The number of aromatic nitrogens is 4. The van der Waals surface area contributed by atoms with Crippen LogP contribution in [-0.4, -0.2) is 19.1 Å². The number of benzene rings is 2. The van der Waals surface area contributed by atoms with Crippen molar-refractivity contribution < 1.29 is 0 Å². The largest absolute Gasteiger partial charge is 0.322 e. The average molecular weight is 474 g/mol. The second-order valence-corrected chi connectivity index (χ2v) is 8.71. The normalized spacial score (nSPS) is 11.1. The minimum Gasteiger partial charge on any atom is -0.322 e. The van der Waals surface area contributed by atoms with Gasteiger partial charge in [0.1, 0.15) is 11.0 Å². The molecular formula is C21H18BrClN4S. The van der Waals surface area contributed by atoms with Gasteiger partial charge in [-0.2, -0.15) is 0 Å². The second-order valence-electron chi connectivity index (χ2n) is 6.47. The van der Waals surface area contributed by atoms with E-state index in [1.54, 1.807) is 18.0 Å². The molecule has 4 nitrogen and oxygen atoms in total. The molecule has 0 radical (unpaired) electrons. The van der Waals surface area contributed by atoms with Crippen molar-refractivity contribution in [2.24, 2.45) is 7.05 Å². The summed E-state index contributed by atoms with van der Waals surface area (Å²) in [5, 5.41) is 1.55. The Morgan fingerprint density at radius 1 is 1.07 bits per heavy atom. The van der Waals surface area contributed by atoms with Crippen LogP contribution in [0.3, 0.4) is 0 Å². The van der Waals surface area contributed by atoms with Crippen LogP contribution in [0, 0.1) is 6.92 Å². The van der Waals surface area contributed by atoms with Crippen LogP contribution in [-0.2, 0) is 12.8 Å². The van der Waals surface area contributed by atoms with Gasteiger partial charge in [-0.05, 0) is 31.2 Å². The fraction of sp³-hybridized carbons (Fsp3) is 0.143. The number of halogens is 2. The van der Waals surface area contributed by atoms with Gasteiger partial charge in [0.05, 0.1) is 17.6 Å². The zero-order valence-electron chi connectivity index (χ0n) is 15.4. The van der Waals surface area contributed by atoms with Crippen molar-refractivity contribution >= 4 is 39.3 Å². The first kappa shape index (κ1) is 19.3. The van der Waals surface area contributed by atoms with Crippen LogP contribution in [0.25, 0.3) is 16.9 Å². The molecule has 0 fully saturated rings. The van der Waals surface area contributed by atoms with Gasteiger partial charge in [-0.1, -0.05) is 69.1 Å². The van der Waals surface area contributed by atoms with E-state index in [0.29, 0.717) is 10.9 Å². The van der Waals surface area contributed by atoms with E-state index in [1.165, 1.54) is 5.56 Å². The lowest BCUT2D eigenvalue weighted by molar-refractivity contribution is 0.843. The SMILES string of the molecule is Cc1ccc(-c2cn(-c3ccc(Br)cc3)c(SCc3ncc(Cl)n3C)n2)cc1. The Labute approximate surface area is 181 Å². The van der Waals surface area contributed by atoms with Crippen LogP contribution in [0.5, 0.6) is 0 Å². The predicted molar refractivity (Wildman–Crippen MR) is 119 cm³/mol. The molecule has 0 aliphatic rings. The maximum Gasteiger partial charge on any atom is 0.173 e. The summed E-state index contributed by atoms with van der Waals surface area (Å²) in [4.78, 5) is 9.29. The zero-order valence-corrected chi connectivity index (χ0v) is 18.6. The van der Waals surface area contributed by atoms with Gasteiger partial charge in [0.25, 0.3) is 0 Å². The molecule has 0 atom stereocenters. The van der Waals surface area contributed by atoms with E-state index in [-0.39, 0.29) is 0 Å². The molecule has 2 aromatic carbocycles. The number of rotatable bonds is 5. The summed E-state index contributed by atoms with van der Waals surface area (Å²) in [7, 11) is 1.92. The third-order valence-electron chi connectivity index (χ3n) is 4.48. The third kappa shape index (κ3) is 4.04. The molecule has 0 spiro atoms. The number of hydrogen-bond donors (Lipinski definition) is 0. The monoisotopic (exact) mass is 472 g/mol. The van der Waals surface area contributed by atoms with Gasteiger partial charge in [0.15, 0.2) is 5.16 Å². The van der Waals surface area contributed by atoms with Crippen LogP contribution >= 0.6 is 39.3 Å². The van der Waals surface area contributed by atoms with E-state index < -0.39 is 0 Å². The molecule has 0 N–H and O–H groups in total. The van der Waals surface area contributed by atoms with Gasteiger partial charge < -0.3 is 4.57 Å². The summed E-state index contributed by atoms with van der Waals surface area (Å²) in [6.07, 6.45) is 3.76. The Hall–Kier alpha value is -2.02. The first-order valence-electron chi connectivity index (χ1n) is 8.72. The number of aryl methyl sites for hydroxylation is 1. The van der Waals surface area contributed by atoms with Gasteiger partial charge in [0, 0.05) is 29.0 Å². The van der Waals surface area contributed by atoms with Crippen LogP contribution < -0.4 is 0 Å². The molecule has 0 aliphatic carbocycles. The van der Waals surface area contributed by atoms with Crippen molar-refractivity contribution in [1.29, 1.82) is 0 Å². The zero-order chi connectivity index (χ0) is 19.7. The molecule has 7 heteroatoms. The molecule has 0 saturated heterocycles. The first-order chi connectivity index (χ1) is 13.5. The second kappa shape index (κ2) is 8.15. The van der Waals surface area contributed by atoms with Crippen LogP contribution in [0.4, 0.5) is 0 Å². The molecule has 0 saturated carbocycles. The summed E-state index contributed by atoms with van der Waals surface area (Å²) in [6.45, 7) is 2.09. The summed E-state index contributed by atoms with van der Waals surface area (Å²) in [5.41, 5.74) is 4.35. The van der Waals surface area contributed by atoms with E-state index in [4.69, 9.17) is 16.6 Å². The molecule has 0 amide bonds. The minimum atomic E-state index is 0.632. The molecular weight excluding hydrogens is 456 g/mol. The summed E-state index contributed by atoms with van der Waals surface area (Å²) >= 11 is 11.3. The summed E-state index contributed by atoms with van der Waals surface area (Å²) in [6, 6.07) is 16.7. The highest BCUT2D eigenvalue weighted by Gasteiger charge is 2.14. The fourth-order valence-electron chi connectivity index (χ4n) is 2.80. The maximum absolute atomic E-state index is 6.12. The number of thioether (sulfide) groups is 1. The minimum absolute atomic E-state index is 0.632. The third-order valence-corrected chi connectivity index (χ3v) is 6.31. The molecule has 142 valence electrons. The van der Waals surface area contributed by atoms with Crippen LogP contribution in [0.1, 0.15) is 11.4 Å². The van der Waals surface area contributed by atoms with Gasteiger partial charge >= 0.3 is 0 Å². The lowest BCUT2D eigenvalue weighted by Crippen LogP contribution is -1.98. The smallest absolute Gasteiger partial charge is 0.173 e. The average Bonchev–Trinajstić information content (AvgIpc) is 3.26. The molecule has 0 aliphatic heterocycles. The van der Waals surface area contributed by atoms with Crippen molar-refractivity contribution in [2.75, 3.05) is 0 Å². The molecule has 4 rings (SSSR count). The highest BCUT2D eigenvalue weighted by molar-refractivity contribution is 9.10. The van der Waals surface area contributed by atoms with Gasteiger partial charge in [-0.15, -0.1) is 0 Å². The fourth-order valence-corrected chi connectivity index (χ4v) is 4.20.